The van der Waals surface area contributed by atoms with E-state index >= 15 is 0 Å². The molecule has 1 unspecified atom stereocenters. The number of thiophene rings is 1. The summed E-state index contributed by atoms with van der Waals surface area (Å²) in [5.41, 5.74) is 1.25. The Morgan fingerprint density at radius 3 is 3.13 bits per heavy atom. The molecule has 1 aromatic heterocycles. The summed E-state index contributed by atoms with van der Waals surface area (Å²) in [4.78, 5) is 0. The second kappa shape index (κ2) is 6.88. The summed E-state index contributed by atoms with van der Waals surface area (Å²) in [7, 11) is 0. The second-order valence-electron chi connectivity index (χ2n) is 3.25. The van der Waals surface area contributed by atoms with Crippen molar-refractivity contribution in [3.8, 4) is 0 Å². The molecule has 84 valence electrons. The zero-order valence-corrected chi connectivity index (χ0v) is 10.4. The molecule has 0 fully saturated rings. The molecule has 0 saturated heterocycles. The fourth-order valence-corrected chi connectivity index (χ4v) is 2.21. The molecule has 4 heteroatoms. The van der Waals surface area contributed by atoms with Crippen LogP contribution in [0, 0.1) is 0 Å². The van der Waals surface area contributed by atoms with Crippen LogP contribution >= 0.6 is 22.9 Å². The number of rotatable bonds is 7. The van der Waals surface area contributed by atoms with Gasteiger partial charge in [-0.25, -0.2) is 0 Å². The standard InChI is InChI=1S/C11H16ClNOS/c1-3-14-6-4-5-13-9(2)10-7-11(12)15-8-10/h3,7-9,13H,1,4-6H2,2H3. The third-order valence-electron chi connectivity index (χ3n) is 2.10. The first-order chi connectivity index (χ1) is 7.24. The number of nitrogens with one attached hydrogen (secondary N) is 1. The van der Waals surface area contributed by atoms with E-state index in [4.69, 9.17) is 16.3 Å². The quantitative estimate of drug-likeness (QED) is 0.586. The third kappa shape index (κ3) is 4.69. The molecule has 1 aromatic rings. The maximum Gasteiger partial charge on any atom is 0.0931 e. The number of hydrogen-bond donors (Lipinski definition) is 1. The van der Waals surface area contributed by atoms with Crippen molar-refractivity contribution in [2.24, 2.45) is 0 Å². The summed E-state index contributed by atoms with van der Waals surface area (Å²) in [5, 5.41) is 5.49. The largest absolute Gasteiger partial charge is 0.502 e. The molecule has 0 aliphatic heterocycles. The molecule has 1 rings (SSSR count). The van der Waals surface area contributed by atoms with Crippen LogP contribution in [-0.2, 0) is 4.74 Å². The van der Waals surface area contributed by atoms with Crippen molar-refractivity contribution < 1.29 is 4.74 Å². The SMILES string of the molecule is C=COCCCNC(C)c1csc(Cl)c1. The van der Waals surface area contributed by atoms with Crippen LogP contribution in [0.25, 0.3) is 0 Å². The minimum atomic E-state index is 0.345. The van der Waals surface area contributed by atoms with E-state index in [1.165, 1.54) is 11.8 Å². The Hall–Kier alpha value is -0.510. The first-order valence-electron chi connectivity index (χ1n) is 4.94. The highest BCUT2D eigenvalue weighted by Gasteiger charge is 2.06. The van der Waals surface area contributed by atoms with Crippen molar-refractivity contribution in [1.29, 1.82) is 0 Å². The molecule has 0 aliphatic carbocycles. The van der Waals surface area contributed by atoms with Crippen LogP contribution < -0.4 is 5.32 Å². The van der Waals surface area contributed by atoms with E-state index in [2.05, 4.69) is 24.2 Å². The van der Waals surface area contributed by atoms with Crippen molar-refractivity contribution >= 4 is 22.9 Å². The summed E-state index contributed by atoms with van der Waals surface area (Å²) in [6.45, 7) is 7.27. The zero-order chi connectivity index (χ0) is 11.1. The molecule has 1 atom stereocenters. The van der Waals surface area contributed by atoms with Gasteiger partial charge in [0.25, 0.3) is 0 Å². The van der Waals surface area contributed by atoms with Gasteiger partial charge in [-0.05, 0) is 36.9 Å². The van der Waals surface area contributed by atoms with Gasteiger partial charge in [0.15, 0.2) is 0 Å². The topological polar surface area (TPSA) is 21.3 Å². The molecule has 0 amide bonds. The smallest absolute Gasteiger partial charge is 0.0931 e. The van der Waals surface area contributed by atoms with Crippen LogP contribution in [0.15, 0.2) is 24.3 Å². The second-order valence-corrected chi connectivity index (χ2v) is 4.79. The lowest BCUT2D eigenvalue weighted by Crippen LogP contribution is -2.20. The zero-order valence-electron chi connectivity index (χ0n) is 8.83. The van der Waals surface area contributed by atoms with Crippen LogP contribution in [0.5, 0.6) is 0 Å². The minimum Gasteiger partial charge on any atom is -0.502 e. The lowest BCUT2D eigenvalue weighted by atomic mass is 10.2. The number of halogens is 1. The first kappa shape index (κ1) is 12.6. The summed E-state index contributed by atoms with van der Waals surface area (Å²) in [6, 6.07) is 2.35. The Morgan fingerprint density at radius 1 is 1.73 bits per heavy atom. The van der Waals surface area contributed by atoms with Crippen LogP contribution in [0.4, 0.5) is 0 Å². The maximum absolute atomic E-state index is 5.87. The van der Waals surface area contributed by atoms with Crippen molar-refractivity contribution in [3.05, 3.63) is 34.2 Å². The summed E-state index contributed by atoms with van der Waals surface area (Å²) >= 11 is 7.43. The first-order valence-corrected chi connectivity index (χ1v) is 6.19. The molecule has 0 aliphatic rings. The van der Waals surface area contributed by atoms with Gasteiger partial charge in [-0.1, -0.05) is 18.2 Å². The average molecular weight is 246 g/mol. The fraction of sp³-hybridized carbons (Fsp3) is 0.455. The average Bonchev–Trinajstić information content (AvgIpc) is 2.64. The monoisotopic (exact) mass is 245 g/mol. The molecule has 0 spiro atoms. The van der Waals surface area contributed by atoms with Gasteiger partial charge in [-0.15, -0.1) is 11.3 Å². The highest BCUT2D eigenvalue weighted by molar-refractivity contribution is 7.14. The molecule has 1 heterocycles. The van der Waals surface area contributed by atoms with Crippen LogP contribution in [-0.4, -0.2) is 13.2 Å². The molecule has 0 aromatic carbocycles. The Kier molecular flexibility index (Phi) is 5.76. The molecule has 0 saturated carbocycles. The molecule has 15 heavy (non-hydrogen) atoms. The van der Waals surface area contributed by atoms with Gasteiger partial charge in [-0.2, -0.15) is 0 Å². The Labute approximate surface area is 99.9 Å². The Bertz CT molecular complexity index is 301. The summed E-state index contributed by atoms with van der Waals surface area (Å²) < 4.78 is 5.87. The molecule has 1 N–H and O–H groups in total. The normalized spacial score (nSPS) is 12.4. The van der Waals surface area contributed by atoms with E-state index in [0.29, 0.717) is 12.6 Å². The van der Waals surface area contributed by atoms with Gasteiger partial charge < -0.3 is 10.1 Å². The van der Waals surface area contributed by atoms with E-state index in [1.807, 2.05) is 6.07 Å². The van der Waals surface area contributed by atoms with Gasteiger partial charge in [0.2, 0.25) is 0 Å². The highest BCUT2D eigenvalue weighted by Crippen LogP contribution is 2.24. The molecule has 2 nitrogen and oxygen atoms in total. The fourth-order valence-electron chi connectivity index (χ4n) is 1.23. The lowest BCUT2D eigenvalue weighted by molar-refractivity contribution is 0.243. The van der Waals surface area contributed by atoms with Gasteiger partial charge in [0.05, 0.1) is 17.2 Å². The van der Waals surface area contributed by atoms with Gasteiger partial charge in [0, 0.05) is 6.04 Å². The van der Waals surface area contributed by atoms with E-state index in [-0.39, 0.29) is 0 Å². The van der Waals surface area contributed by atoms with Gasteiger partial charge >= 0.3 is 0 Å². The molecule has 0 bridgehead atoms. The number of ether oxygens (including phenoxy) is 1. The summed E-state index contributed by atoms with van der Waals surface area (Å²) in [6.07, 6.45) is 2.45. The molecule has 0 radical (unpaired) electrons. The number of hydrogen-bond acceptors (Lipinski definition) is 3. The third-order valence-corrected chi connectivity index (χ3v) is 3.20. The van der Waals surface area contributed by atoms with Crippen molar-refractivity contribution in [3.63, 3.8) is 0 Å². The van der Waals surface area contributed by atoms with Gasteiger partial charge in [0.1, 0.15) is 0 Å². The summed E-state index contributed by atoms with van der Waals surface area (Å²) in [5.74, 6) is 0. The predicted molar refractivity (Wildman–Crippen MR) is 66.5 cm³/mol. The minimum absolute atomic E-state index is 0.345. The molecular weight excluding hydrogens is 230 g/mol. The predicted octanol–water partition coefficient (Wildman–Crippen LogP) is 3.60. The van der Waals surface area contributed by atoms with Crippen LogP contribution in [0.3, 0.4) is 0 Å². The Morgan fingerprint density at radius 2 is 2.53 bits per heavy atom. The van der Waals surface area contributed by atoms with Crippen molar-refractivity contribution in [1.82, 2.24) is 5.32 Å². The Balaban J connectivity index is 2.18. The van der Waals surface area contributed by atoms with Crippen LogP contribution in [0.2, 0.25) is 4.34 Å². The van der Waals surface area contributed by atoms with Gasteiger partial charge in [-0.3, -0.25) is 0 Å². The van der Waals surface area contributed by atoms with Crippen molar-refractivity contribution in [2.75, 3.05) is 13.2 Å². The maximum atomic E-state index is 5.87. The van der Waals surface area contributed by atoms with E-state index < -0.39 is 0 Å². The lowest BCUT2D eigenvalue weighted by Gasteiger charge is -2.11. The van der Waals surface area contributed by atoms with E-state index in [1.54, 1.807) is 11.3 Å². The molecular formula is C11H16ClNOS. The van der Waals surface area contributed by atoms with Crippen molar-refractivity contribution in [2.45, 2.75) is 19.4 Å². The van der Waals surface area contributed by atoms with E-state index in [9.17, 15) is 0 Å². The van der Waals surface area contributed by atoms with Crippen LogP contribution in [0.1, 0.15) is 24.9 Å². The van der Waals surface area contributed by atoms with E-state index in [0.717, 1.165) is 17.3 Å². The highest BCUT2D eigenvalue weighted by atomic mass is 35.5.